The molecule has 15 heavy (non-hydrogen) atoms. The first-order chi connectivity index (χ1) is 7.31. The van der Waals surface area contributed by atoms with Crippen molar-refractivity contribution < 1.29 is 9.53 Å². The highest BCUT2D eigenvalue weighted by atomic mass is 16.5. The Morgan fingerprint density at radius 2 is 2.27 bits per heavy atom. The molecule has 0 unspecified atom stereocenters. The number of para-hydroxylation sites is 1. The second-order valence-corrected chi connectivity index (χ2v) is 4.68. The fraction of sp³-hybridized carbons (Fsp3) is 0.417. The Bertz CT molecular complexity index is 466. The number of anilines is 1. The molecular formula is C12H11NO2. The van der Waals surface area contributed by atoms with Gasteiger partial charge in [0.15, 0.2) is 0 Å². The van der Waals surface area contributed by atoms with Crippen molar-refractivity contribution in [3.8, 4) is 0 Å². The van der Waals surface area contributed by atoms with Gasteiger partial charge < -0.3 is 10.1 Å². The van der Waals surface area contributed by atoms with Crippen LogP contribution < -0.4 is 5.32 Å². The Balaban J connectivity index is 1.97. The van der Waals surface area contributed by atoms with E-state index in [1.54, 1.807) is 0 Å². The van der Waals surface area contributed by atoms with Crippen LogP contribution in [0.15, 0.2) is 24.3 Å². The van der Waals surface area contributed by atoms with E-state index in [0.717, 1.165) is 18.7 Å². The molecule has 1 amide bonds. The van der Waals surface area contributed by atoms with Crippen molar-refractivity contribution >= 4 is 11.6 Å². The zero-order chi connectivity index (χ0) is 10.0. The molecule has 76 valence electrons. The third-order valence-corrected chi connectivity index (χ3v) is 4.02. The number of nitrogens with one attached hydrogen (secondary N) is 1. The quantitative estimate of drug-likeness (QED) is 0.690. The summed E-state index contributed by atoms with van der Waals surface area (Å²) >= 11 is 0. The largest absolute Gasteiger partial charge is 0.369 e. The van der Waals surface area contributed by atoms with Crippen LogP contribution in [-0.2, 0) is 15.1 Å². The van der Waals surface area contributed by atoms with E-state index in [2.05, 4.69) is 11.4 Å². The minimum Gasteiger partial charge on any atom is -0.369 e. The van der Waals surface area contributed by atoms with Crippen LogP contribution in [0.5, 0.6) is 0 Å². The molecule has 3 nitrogen and oxygen atoms in total. The summed E-state index contributed by atoms with van der Waals surface area (Å²) < 4.78 is 5.85. The SMILES string of the molecule is O=C1Nc2ccccc2[C@@]23C[C@@H](CO2)[C@H]13. The molecule has 3 heterocycles. The summed E-state index contributed by atoms with van der Waals surface area (Å²) in [7, 11) is 0. The molecule has 2 bridgehead atoms. The van der Waals surface area contributed by atoms with E-state index in [0.29, 0.717) is 5.92 Å². The van der Waals surface area contributed by atoms with Crippen LogP contribution in [0.4, 0.5) is 5.69 Å². The molecule has 0 radical (unpaired) electrons. The van der Waals surface area contributed by atoms with Gasteiger partial charge in [-0.2, -0.15) is 0 Å². The summed E-state index contributed by atoms with van der Waals surface area (Å²) in [5.74, 6) is 0.646. The lowest BCUT2D eigenvalue weighted by Crippen LogP contribution is -2.54. The minimum absolute atomic E-state index is 0.0624. The molecular weight excluding hydrogens is 190 g/mol. The molecule has 5 rings (SSSR count). The molecule has 1 aromatic carbocycles. The van der Waals surface area contributed by atoms with Gasteiger partial charge in [-0.3, -0.25) is 4.79 Å². The molecule has 3 atom stereocenters. The minimum atomic E-state index is -0.274. The summed E-state index contributed by atoms with van der Waals surface area (Å²) in [6, 6.07) is 7.98. The Morgan fingerprint density at radius 1 is 1.40 bits per heavy atom. The Morgan fingerprint density at radius 3 is 3.13 bits per heavy atom. The maximum absolute atomic E-state index is 11.9. The molecule has 0 aromatic heterocycles. The lowest BCUT2D eigenvalue weighted by molar-refractivity contribution is -0.138. The highest BCUT2D eigenvalue weighted by Gasteiger charge is 2.66. The normalized spacial score (nSPS) is 40.1. The van der Waals surface area contributed by atoms with Crippen LogP contribution >= 0.6 is 0 Å². The Labute approximate surface area is 87.4 Å². The first kappa shape index (κ1) is 7.88. The average molecular weight is 201 g/mol. The molecule has 1 spiro atoms. The number of carbonyl (C=O) groups is 1. The van der Waals surface area contributed by atoms with Crippen molar-refractivity contribution in [2.75, 3.05) is 11.9 Å². The maximum Gasteiger partial charge on any atom is 0.231 e. The topological polar surface area (TPSA) is 38.3 Å². The van der Waals surface area contributed by atoms with Gasteiger partial charge in [0.25, 0.3) is 0 Å². The molecule has 4 aliphatic rings. The highest BCUT2D eigenvalue weighted by Crippen LogP contribution is 2.62. The van der Waals surface area contributed by atoms with Crippen LogP contribution in [0.3, 0.4) is 0 Å². The zero-order valence-electron chi connectivity index (χ0n) is 8.19. The predicted octanol–water partition coefficient (Wildman–Crippen LogP) is 1.50. The summed E-state index contributed by atoms with van der Waals surface area (Å²) in [4.78, 5) is 11.9. The van der Waals surface area contributed by atoms with Gasteiger partial charge in [-0.1, -0.05) is 18.2 Å². The first-order valence-electron chi connectivity index (χ1n) is 5.36. The second-order valence-electron chi connectivity index (χ2n) is 4.68. The lowest BCUT2D eigenvalue weighted by Gasteiger charge is -2.47. The highest BCUT2D eigenvalue weighted by molar-refractivity contribution is 5.98. The number of hydrogen-bond acceptors (Lipinski definition) is 2. The summed E-state index contributed by atoms with van der Waals surface area (Å²) in [5, 5.41) is 2.97. The van der Waals surface area contributed by atoms with E-state index in [4.69, 9.17) is 4.74 Å². The standard InChI is InChI=1S/C12H11NO2/c14-11-10-7-5-12(10,15-6-7)8-3-1-2-4-9(8)13-11/h1-4,7,10H,5-6H2,(H,13,14)/t7-,10+,12+/m0/s1. The van der Waals surface area contributed by atoms with Gasteiger partial charge in [0.05, 0.1) is 12.5 Å². The van der Waals surface area contributed by atoms with Crippen molar-refractivity contribution in [1.29, 1.82) is 0 Å². The molecule has 3 heteroatoms. The predicted molar refractivity (Wildman–Crippen MR) is 54.3 cm³/mol. The van der Waals surface area contributed by atoms with Crippen molar-refractivity contribution in [2.45, 2.75) is 12.0 Å². The average Bonchev–Trinajstić information content (AvgIpc) is 2.76. The third-order valence-electron chi connectivity index (χ3n) is 4.02. The van der Waals surface area contributed by atoms with Crippen molar-refractivity contribution in [3.05, 3.63) is 29.8 Å². The van der Waals surface area contributed by atoms with Crippen LogP contribution in [0.2, 0.25) is 0 Å². The molecule has 1 aliphatic carbocycles. The van der Waals surface area contributed by atoms with E-state index < -0.39 is 0 Å². The molecule has 1 N–H and O–H groups in total. The number of amides is 1. The van der Waals surface area contributed by atoms with Gasteiger partial charge >= 0.3 is 0 Å². The van der Waals surface area contributed by atoms with Crippen LogP contribution in [0, 0.1) is 11.8 Å². The number of benzene rings is 1. The van der Waals surface area contributed by atoms with Crippen molar-refractivity contribution in [1.82, 2.24) is 0 Å². The van der Waals surface area contributed by atoms with E-state index in [1.165, 1.54) is 5.56 Å². The van der Waals surface area contributed by atoms with Crippen LogP contribution in [0.25, 0.3) is 0 Å². The van der Waals surface area contributed by atoms with E-state index in [9.17, 15) is 4.79 Å². The summed E-state index contributed by atoms with van der Waals surface area (Å²) in [6.45, 7) is 0.742. The zero-order valence-corrected chi connectivity index (χ0v) is 8.19. The number of carbonyl (C=O) groups excluding carboxylic acids is 1. The van der Waals surface area contributed by atoms with E-state index >= 15 is 0 Å². The summed E-state index contributed by atoms with van der Waals surface area (Å²) in [5.41, 5.74) is 1.83. The Kier molecular flexibility index (Phi) is 1.18. The second kappa shape index (κ2) is 2.25. The van der Waals surface area contributed by atoms with Crippen LogP contribution in [-0.4, -0.2) is 12.5 Å². The van der Waals surface area contributed by atoms with Gasteiger partial charge in [-0.05, 0) is 12.5 Å². The van der Waals surface area contributed by atoms with Crippen molar-refractivity contribution in [3.63, 3.8) is 0 Å². The number of rotatable bonds is 0. The molecule has 1 saturated carbocycles. The van der Waals surface area contributed by atoms with Gasteiger partial charge in [0.2, 0.25) is 5.91 Å². The maximum atomic E-state index is 11.9. The van der Waals surface area contributed by atoms with Crippen LogP contribution in [0.1, 0.15) is 12.0 Å². The van der Waals surface area contributed by atoms with Gasteiger partial charge in [-0.15, -0.1) is 0 Å². The molecule has 1 aromatic rings. The van der Waals surface area contributed by atoms with E-state index in [1.807, 2.05) is 18.2 Å². The number of ether oxygens (including phenoxy) is 1. The summed E-state index contributed by atoms with van der Waals surface area (Å²) in [6.07, 6.45) is 1.02. The van der Waals surface area contributed by atoms with Gasteiger partial charge in [-0.25, -0.2) is 0 Å². The number of fused-ring (bicyclic) bond motifs is 2. The van der Waals surface area contributed by atoms with Gasteiger partial charge in [0.1, 0.15) is 5.60 Å². The molecule has 2 saturated heterocycles. The molecule has 3 aliphatic heterocycles. The fourth-order valence-electron chi connectivity index (χ4n) is 3.37. The third kappa shape index (κ3) is 0.720. The monoisotopic (exact) mass is 201 g/mol. The first-order valence-corrected chi connectivity index (χ1v) is 5.36. The fourth-order valence-corrected chi connectivity index (χ4v) is 3.37. The lowest BCUT2D eigenvalue weighted by atomic mass is 9.59. The Hall–Kier alpha value is -1.35. The van der Waals surface area contributed by atoms with E-state index in [-0.39, 0.29) is 17.4 Å². The van der Waals surface area contributed by atoms with Gasteiger partial charge in [0, 0.05) is 17.2 Å². The number of hydrogen-bond donors (Lipinski definition) is 1. The van der Waals surface area contributed by atoms with Crippen molar-refractivity contribution in [2.24, 2.45) is 11.8 Å². The molecule has 3 fully saturated rings. The smallest absolute Gasteiger partial charge is 0.231 e.